The van der Waals surface area contributed by atoms with Gasteiger partial charge < -0.3 is 9.42 Å². The molecule has 7 heteroatoms. The van der Waals surface area contributed by atoms with Gasteiger partial charge in [-0.15, -0.1) is 0 Å². The summed E-state index contributed by atoms with van der Waals surface area (Å²) < 4.78 is 7.10. The number of aryl methyl sites for hydroxylation is 2. The molecule has 0 atom stereocenters. The van der Waals surface area contributed by atoms with Crippen LogP contribution >= 0.6 is 11.6 Å². The zero-order valence-corrected chi connectivity index (χ0v) is 19.8. The first-order valence-corrected chi connectivity index (χ1v) is 11.3. The third-order valence-electron chi connectivity index (χ3n) is 5.78. The second kappa shape index (κ2) is 10.0. The Morgan fingerprint density at radius 3 is 2.48 bits per heavy atom. The van der Waals surface area contributed by atoms with Gasteiger partial charge in [-0.2, -0.15) is 5.10 Å². The van der Waals surface area contributed by atoms with Crippen LogP contribution in [0.25, 0.3) is 11.3 Å². The van der Waals surface area contributed by atoms with Gasteiger partial charge in [-0.1, -0.05) is 65.3 Å². The van der Waals surface area contributed by atoms with Gasteiger partial charge in [0.25, 0.3) is 0 Å². The Balaban J connectivity index is 1.53. The van der Waals surface area contributed by atoms with E-state index < -0.39 is 0 Å². The van der Waals surface area contributed by atoms with E-state index in [9.17, 15) is 4.79 Å². The minimum atomic E-state index is 0.0628. The Hall–Kier alpha value is -3.38. The van der Waals surface area contributed by atoms with Gasteiger partial charge in [-0.3, -0.25) is 9.48 Å². The second-order valence-electron chi connectivity index (χ2n) is 8.21. The summed E-state index contributed by atoms with van der Waals surface area (Å²) in [5, 5.41) is 9.52. The van der Waals surface area contributed by atoms with Crippen LogP contribution in [0, 0.1) is 13.8 Å². The first-order valence-electron chi connectivity index (χ1n) is 10.9. The molecule has 0 saturated heterocycles. The molecule has 4 rings (SSSR count). The van der Waals surface area contributed by atoms with E-state index in [0.717, 1.165) is 39.4 Å². The first kappa shape index (κ1) is 22.8. The van der Waals surface area contributed by atoms with E-state index in [1.165, 1.54) is 0 Å². The molecule has 0 aliphatic carbocycles. The molecule has 0 fully saturated rings. The van der Waals surface area contributed by atoms with Crippen LogP contribution < -0.4 is 0 Å². The van der Waals surface area contributed by atoms with Crippen molar-refractivity contribution in [3.05, 3.63) is 94.0 Å². The standard InChI is InChI=1S/C26H27ClN4O2/c1-18-23(19(2)33-29-18)13-14-25(32)30(3)15-22-17-31(16-21-11-7-8-12-24(21)27)28-26(22)20-9-5-4-6-10-20/h4-12,17H,13-16H2,1-3H3. The van der Waals surface area contributed by atoms with Gasteiger partial charge in [0.05, 0.1) is 17.9 Å². The van der Waals surface area contributed by atoms with Crippen LogP contribution in [0.5, 0.6) is 0 Å². The van der Waals surface area contributed by atoms with Crippen molar-refractivity contribution in [1.82, 2.24) is 19.8 Å². The summed E-state index contributed by atoms with van der Waals surface area (Å²) in [6.07, 6.45) is 3.01. The first-order chi connectivity index (χ1) is 15.9. The van der Waals surface area contributed by atoms with Crippen molar-refractivity contribution < 1.29 is 9.32 Å². The van der Waals surface area contributed by atoms with Gasteiger partial charge in [-0.05, 0) is 31.9 Å². The second-order valence-corrected chi connectivity index (χ2v) is 8.62. The van der Waals surface area contributed by atoms with Gasteiger partial charge in [0, 0.05) is 47.9 Å². The Morgan fingerprint density at radius 1 is 1.06 bits per heavy atom. The minimum absolute atomic E-state index is 0.0628. The summed E-state index contributed by atoms with van der Waals surface area (Å²) >= 11 is 6.36. The number of hydrogen-bond acceptors (Lipinski definition) is 4. The molecule has 33 heavy (non-hydrogen) atoms. The number of nitrogens with zero attached hydrogens (tertiary/aromatic N) is 4. The molecule has 2 heterocycles. The zero-order valence-electron chi connectivity index (χ0n) is 19.1. The van der Waals surface area contributed by atoms with E-state index >= 15 is 0 Å². The highest BCUT2D eigenvalue weighted by atomic mass is 35.5. The molecule has 4 aromatic rings. The lowest BCUT2D eigenvalue weighted by molar-refractivity contribution is -0.130. The van der Waals surface area contributed by atoms with Crippen molar-refractivity contribution in [2.45, 2.75) is 39.8 Å². The van der Waals surface area contributed by atoms with E-state index in [-0.39, 0.29) is 5.91 Å². The van der Waals surface area contributed by atoms with Gasteiger partial charge in [0.1, 0.15) is 5.76 Å². The summed E-state index contributed by atoms with van der Waals surface area (Å²) in [5.41, 5.74) is 5.72. The van der Waals surface area contributed by atoms with Crippen LogP contribution in [0.15, 0.2) is 65.3 Å². The van der Waals surface area contributed by atoms with Crippen LogP contribution in [0.1, 0.15) is 34.6 Å². The van der Waals surface area contributed by atoms with Crippen molar-refractivity contribution in [3.63, 3.8) is 0 Å². The molecule has 1 amide bonds. The molecule has 2 aromatic heterocycles. The molecule has 0 unspecified atom stereocenters. The van der Waals surface area contributed by atoms with Gasteiger partial charge in [0.15, 0.2) is 0 Å². The number of benzene rings is 2. The van der Waals surface area contributed by atoms with Gasteiger partial charge in [0.2, 0.25) is 5.91 Å². The average Bonchev–Trinajstić information content (AvgIpc) is 3.36. The van der Waals surface area contributed by atoms with Crippen molar-refractivity contribution in [2.24, 2.45) is 0 Å². The summed E-state index contributed by atoms with van der Waals surface area (Å²) in [6.45, 7) is 4.80. The Morgan fingerprint density at radius 2 is 1.79 bits per heavy atom. The summed E-state index contributed by atoms with van der Waals surface area (Å²) in [6, 6.07) is 17.8. The van der Waals surface area contributed by atoms with E-state index in [1.807, 2.05) is 86.4 Å². The highest BCUT2D eigenvalue weighted by molar-refractivity contribution is 6.31. The molecule has 0 aliphatic rings. The lowest BCUT2D eigenvalue weighted by Crippen LogP contribution is -2.26. The number of aromatic nitrogens is 3. The number of halogens is 1. The molecule has 6 nitrogen and oxygen atoms in total. The minimum Gasteiger partial charge on any atom is -0.361 e. The Labute approximate surface area is 198 Å². The predicted molar refractivity (Wildman–Crippen MR) is 129 cm³/mol. The maximum Gasteiger partial charge on any atom is 0.222 e. The number of rotatable bonds is 8. The van der Waals surface area contributed by atoms with Crippen LogP contribution in [-0.4, -0.2) is 32.8 Å². The summed E-state index contributed by atoms with van der Waals surface area (Å²) in [7, 11) is 1.83. The summed E-state index contributed by atoms with van der Waals surface area (Å²) in [4.78, 5) is 14.6. The number of carbonyl (C=O) groups is 1. The number of amides is 1. The van der Waals surface area contributed by atoms with Gasteiger partial charge in [-0.25, -0.2) is 0 Å². The molecule has 2 aromatic carbocycles. The van der Waals surface area contributed by atoms with Crippen molar-refractivity contribution in [1.29, 1.82) is 0 Å². The van der Waals surface area contributed by atoms with Crippen molar-refractivity contribution in [2.75, 3.05) is 7.05 Å². The van der Waals surface area contributed by atoms with E-state index in [0.29, 0.717) is 31.0 Å². The summed E-state index contributed by atoms with van der Waals surface area (Å²) in [5.74, 6) is 0.836. The van der Waals surface area contributed by atoms with E-state index in [4.69, 9.17) is 21.2 Å². The molecular weight excluding hydrogens is 436 g/mol. The Kier molecular flexibility index (Phi) is 6.94. The molecule has 0 radical (unpaired) electrons. The van der Waals surface area contributed by atoms with Crippen LogP contribution in [0.4, 0.5) is 0 Å². The molecule has 0 aliphatic heterocycles. The number of hydrogen-bond donors (Lipinski definition) is 0. The molecule has 0 spiro atoms. The average molecular weight is 463 g/mol. The molecule has 0 saturated carbocycles. The smallest absolute Gasteiger partial charge is 0.222 e. The number of carbonyl (C=O) groups excluding carboxylic acids is 1. The third-order valence-corrected chi connectivity index (χ3v) is 6.15. The SMILES string of the molecule is Cc1noc(C)c1CCC(=O)N(C)Cc1cn(Cc2ccccc2Cl)nc1-c1ccccc1. The van der Waals surface area contributed by atoms with Crippen molar-refractivity contribution in [3.8, 4) is 11.3 Å². The van der Waals surface area contributed by atoms with Crippen LogP contribution in [-0.2, 0) is 24.3 Å². The van der Waals surface area contributed by atoms with Gasteiger partial charge >= 0.3 is 0 Å². The maximum absolute atomic E-state index is 12.9. The fraction of sp³-hybridized carbons (Fsp3) is 0.269. The largest absolute Gasteiger partial charge is 0.361 e. The molecule has 170 valence electrons. The normalized spacial score (nSPS) is 11.0. The lowest BCUT2D eigenvalue weighted by atomic mass is 10.1. The maximum atomic E-state index is 12.9. The zero-order chi connectivity index (χ0) is 23.4. The molecule has 0 bridgehead atoms. The quantitative estimate of drug-likeness (QED) is 0.349. The fourth-order valence-corrected chi connectivity index (χ4v) is 4.12. The topological polar surface area (TPSA) is 64.2 Å². The third kappa shape index (κ3) is 5.34. The van der Waals surface area contributed by atoms with Crippen molar-refractivity contribution >= 4 is 17.5 Å². The fourth-order valence-electron chi connectivity index (χ4n) is 3.92. The van der Waals surface area contributed by atoms with E-state index in [1.54, 1.807) is 4.90 Å². The van der Waals surface area contributed by atoms with Crippen LogP contribution in [0.3, 0.4) is 0 Å². The molecule has 0 N–H and O–H groups in total. The van der Waals surface area contributed by atoms with E-state index in [2.05, 4.69) is 5.16 Å². The van der Waals surface area contributed by atoms with Crippen LogP contribution in [0.2, 0.25) is 5.02 Å². The lowest BCUT2D eigenvalue weighted by Gasteiger charge is -2.17. The molecular formula is C26H27ClN4O2. The highest BCUT2D eigenvalue weighted by Crippen LogP contribution is 2.25. The highest BCUT2D eigenvalue weighted by Gasteiger charge is 2.18. The predicted octanol–water partition coefficient (Wildman–Crippen LogP) is 5.45. The monoisotopic (exact) mass is 462 g/mol. The Bertz CT molecular complexity index is 1230.